The molecular formula is C29H33N3O4S. The van der Waals surface area contributed by atoms with Crippen LogP contribution in [0.15, 0.2) is 95.0 Å². The third-order valence-electron chi connectivity index (χ3n) is 6.70. The van der Waals surface area contributed by atoms with E-state index < -0.39 is 15.6 Å². The molecule has 0 aliphatic carbocycles. The molecule has 3 aromatic carbocycles. The number of sulfonamides is 1. The Bertz CT molecular complexity index is 1400. The van der Waals surface area contributed by atoms with Crippen molar-refractivity contribution in [2.45, 2.75) is 44.0 Å². The highest BCUT2D eigenvalue weighted by molar-refractivity contribution is 7.89. The maximum absolute atomic E-state index is 13.4. The smallest absolute Gasteiger partial charge is 0.338 e. The average molecular weight is 520 g/mol. The largest absolute Gasteiger partial charge is 0.463 e. The number of hydrogen-bond acceptors (Lipinski definition) is 6. The molecule has 0 radical (unpaired) electrons. The Kier molecular flexibility index (Phi) is 7.82. The van der Waals surface area contributed by atoms with Crippen molar-refractivity contribution in [3.05, 3.63) is 101 Å². The van der Waals surface area contributed by atoms with Crippen molar-refractivity contribution < 1.29 is 17.9 Å². The van der Waals surface area contributed by atoms with Gasteiger partial charge in [-0.15, -0.1) is 0 Å². The lowest BCUT2D eigenvalue weighted by atomic mass is 9.82. The number of carbonyl (C=O) groups excluding carboxylic acids is 1. The molecule has 1 aliphatic heterocycles. The predicted octanol–water partition coefficient (Wildman–Crippen LogP) is 4.51. The topological polar surface area (TPSA) is 102 Å². The number of hydrogen-bond donors (Lipinski definition) is 2. The van der Waals surface area contributed by atoms with Crippen LogP contribution < -0.4 is 10.6 Å². The summed E-state index contributed by atoms with van der Waals surface area (Å²) in [5, 5.41) is 7.54. The number of esters is 1. The van der Waals surface area contributed by atoms with E-state index in [2.05, 4.69) is 17.4 Å². The normalized spacial score (nSPS) is 18.1. The lowest BCUT2D eigenvalue weighted by molar-refractivity contribution is -0.140. The third kappa shape index (κ3) is 5.32. The molecule has 4 rings (SSSR count). The maximum Gasteiger partial charge on any atom is 0.338 e. The molecule has 3 N–H and O–H groups in total. The van der Waals surface area contributed by atoms with E-state index in [0.717, 1.165) is 28.8 Å². The van der Waals surface area contributed by atoms with E-state index >= 15 is 0 Å². The van der Waals surface area contributed by atoms with Gasteiger partial charge in [0.1, 0.15) is 0 Å². The number of rotatable bonds is 9. The van der Waals surface area contributed by atoms with Crippen LogP contribution in [0.3, 0.4) is 0 Å². The summed E-state index contributed by atoms with van der Waals surface area (Å²) in [5.41, 5.74) is 7.31. The summed E-state index contributed by atoms with van der Waals surface area (Å²) in [4.78, 5) is 13.5. The minimum atomic E-state index is -3.89. The molecular weight excluding hydrogens is 486 g/mol. The molecule has 194 valence electrons. The number of nitrogens with zero attached hydrogens (tertiary/aromatic N) is 1. The van der Waals surface area contributed by atoms with Crippen molar-refractivity contribution in [1.29, 1.82) is 0 Å². The van der Waals surface area contributed by atoms with Crippen LogP contribution in [-0.4, -0.2) is 32.5 Å². The van der Waals surface area contributed by atoms with E-state index in [1.165, 1.54) is 6.07 Å². The van der Waals surface area contributed by atoms with Crippen LogP contribution >= 0.6 is 0 Å². The number of ether oxygens (including phenoxy) is 1. The van der Waals surface area contributed by atoms with Crippen molar-refractivity contribution >= 4 is 16.0 Å². The first-order chi connectivity index (χ1) is 17.7. The zero-order valence-electron chi connectivity index (χ0n) is 21.4. The summed E-state index contributed by atoms with van der Waals surface area (Å²) in [6.45, 7) is 6.89. The second kappa shape index (κ2) is 10.9. The first kappa shape index (κ1) is 26.6. The Balaban J connectivity index is 1.82. The molecule has 37 heavy (non-hydrogen) atoms. The molecule has 8 heteroatoms. The molecule has 0 spiro atoms. The highest BCUT2D eigenvalue weighted by Gasteiger charge is 2.48. The van der Waals surface area contributed by atoms with Gasteiger partial charge in [-0.1, -0.05) is 79.7 Å². The summed E-state index contributed by atoms with van der Waals surface area (Å²) in [6, 6.07) is 24.3. The number of nitrogens with two attached hydrogens (primary N) is 1. The van der Waals surface area contributed by atoms with Gasteiger partial charge < -0.3 is 10.2 Å². The summed E-state index contributed by atoms with van der Waals surface area (Å²) in [6.07, 6.45) is 1.43. The Morgan fingerprint density at radius 2 is 1.62 bits per heavy atom. The van der Waals surface area contributed by atoms with Crippen LogP contribution in [0, 0.1) is 0 Å². The van der Waals surface area contributed by atoms with Crippen molar-refractivity contribution in [2.24, 2.45) is 5.14 Å². The lowest BCUT2D eigenvalue weighted by Gasteiger charge is -2.36. The Labute approximate surface area is 219 Å². The third-order valence-corrected chi connectivity index (χ3v) is 7.67. The second-order valence-electron chi connectivity index (χ2n) is 9.19. The van der Waals surface area contributed by atoms with Gasteiger partial charge in [-0.05, 0) is 43.0 Å². The molecule has 0 aromatic heterocycles. The van der Waals surface area contributed by atoms with Crippen molar-refractivity contribution in [3.63, 3.8) is 0 Å². The van der Waals surface area contributed by atoms with Crippen molar-refractivity contribution in [2.75, 3.05) is 13.2 Å². The van der Waals surface area contributed by atoms with Crippen LogP contribution in [-0.2, 0) is 31.5 Å². The van der Waals surface area contributed by atoms with Gasteiger partial charge in [0.25, 0.3) is 0 Å². The highest BCUT2D eigenvalue weighted by Crippen LogP contribution is 2.43. The molecule has 1 aliphatic rings. The SMILES string of the molecule is CCCN1NC(Cc2ccccc2)=C(C(=O)OCC)C1(C)c1ccc(-c2ccccc2S(N)(=O)=O)cc1. The lowest BCUT2D eigenvalue weighted by Crippen LogP contribution is -2.47. The summed E-state index contributed by atoms with van der Waals surface area (Å²) >= 11 is 0. The van der Waals surface area contributed by atoms with Crippen LogP contribution in [0.25, 0.3) is 11.1 Å². The molecule has 3 aromatic rings. The van der Waals surface area contributed by atoms with Gasteiger partial charge in [0, 0.05) is 24.2 Å². The van der Waals surface area contributed by atoms with Crippen LogP contribution in [0.4, 0.5) is 0 Å². The van der Waals surface area contributed by atoms with Gasteiger partial charge in [-0.2, -0.15) is 0 Å². The fourth-order valence-corrected chi connectivity index (χ4v) is 5.70. The van der Waals surface area contributed by atoms with E-state index in [1.807, 2.05) is 61.5 Å². The zero-order chi connectivity index (χ0) is 26.6. The molecule has 0 saturated carbocycles. The standard InChI is InChI=1S/C29H33N3O4S/c1-4-19-32-29(3,27(28(33)36-5-2)25(31-32)20-21-11-7-6-8-12-21)23-17-15-22(16-18-23)24-13-9-10-14-26(24)37(30,34)35/h6-18,31H,4-5,19-20H2,1-3H3,(H2,30,34,35). The van der Waals surface area contributed by atoms with E-state index in [0.29, 0.717) is 24.1 Å². The van der Waals surface area contributed by atoms with E-state index in [4.69, 9.17) is 9.88 Å². The first-order valence-corrected chi connectivity index (χ1v) is 14.0. The van der Waals surface area contributed by atoms with Crippen molar-refractivity contribution in [3.8, 4) is 11.1 Å². The van der Waals surface area contributed by atoms with Gasteiger partial charge in [0.2, 0.25) is 10.0 Å². The maximum atomic E-state index is 13.4. The molecule has 0 fully saturated rings. The highest BCUT2D eigenvalue weighted by atomic mass is 32.2. The Morgan fingerprint density at radius 1 is 0.973 bits per heavy atom. The number of hydrazine groups is 1. The summed E-state index contributed by atoms with van der Waals surface area (Å²) in [7, 11) is -3.89. The van der Waals surface area contributed by atoms with Gasteiger partial charge >= 0.3 is 5.97 Å². The Hall–Kier alpha value is -3.46. The molecule has 0 bridgehead atoms. The zero-order valence-corrected chi connectivity index (χ0v) is 22.2. The number of carbonyl (C=O) groups is 1. The fraction of sp³-hybridized carbons (Fsp3) is 0.276. The van der Waals surface area contributed by atoms with Crippen LogP contribution in [0.2, 0.25) is 0 Å². The average Bonchev–Trinajstić information content (AvgIpc) is 3.16. The number of allylic oxidation sites excluding steroid dienone is 1. The van der Waals surface area contributed by atoms with Gasteiger partial charge in [0.05, 0.1) is 22.6 Å². The van der Waals surface area contributed by atoms with Gasteiger partial charge in [0.15, 0.2) is 0 Å². The minimum Gasteiger partial charge on any atom is -0.463 e. The van der Waals surface area contributed by atoms with E-state index in [1.54, 1.807) is 25.1 Å². The quantitative estimate of drug-likeness (QED) is 0.404. The fourth-order valence-electron chi connectivity index (χ4n) is 4.94. The number of benzene rings is 3. The number of primary sulfonamides is 1. The number of nitrogens with one attached hydrogen (secondary N) is 1. The summed E-state index contributed by atoms with van der Waals surface area (Å²) < 4.78 is 29.8. The van der Waals surface area contributed by atoms with Crippen LogP contribution in [0.1, 0.15) is 38.3 Å². The molecule has 1 heterocycles. The van der Waals surface area contributed by atoms with Gasteiger partial charge in [-0.25, -0.2) is 23.4 Å². The van der Waals surface area contributed by atoms with Crippen molar-refractivity contribution in [1.82, 2.24) is 10.4 Å². The molecule has 0 amide bonds. The van der Waals surface area contributed by atoms with Gasteiger partial charge in [-0.3, -0.25) is 0 Å². The first-order valence-electron chi connectivity index (χ1n) is 12.4. The van der Waals surface area contributed by atoms with Crippen LogP contribution in [0.5, 0.6) is 0 Å². The summed E-state index contributed by atoms with van der Waals surface area (Å²) in [5.74, 6) is -0.356. The minimum absolute atomic E-state index is 0.0707. The predicted molar refractivity (Wildman–Crippen MR) is 145 cm³/mol. The molecule has 1 atom stereocenters. The van der Waals surface area contributed by atoms with E-state index in [-0.39, 0.29) is 17.5 Å². The monoisotopic (exact) mass is 519 g/mol. The van der Waals surface area contributed by atoms with E-state index in [9.17, 15) is 13.2 Å². The second-order valence-corrected chi connectivity index (χ2v) is 10.7. The molecule has 1 unspecified atom stereocenters. The molecule has 0 saturated heterocycles. The Morgan fingerprint density at radius 3 is 2.24 bits per heavy atom. The molecule has 7 nitrogen and oxygen atoms in total.